The van der Waals surface area contributed by atoms with Crippen molar-refractivity contribution in [2.24, 2.45) is 0 Å². The van der Waals surface area contributed by atoms with Gasteiger partial charge in [0, 0.05) is 30.9 Å². The second-order valence-electron chi connectivity index (χ2n) is 8.75. The van der Waals surface area contributed by atoms with E-state index in [1.807, 2.05) is 42.6 Å². The minimum atomic E-state index is -0.478. The van der Waals surface area contributed by atoms with Crippen LogP contribution in [0.3, 0.4) is 0 Å². The van der Waals surface area contributed by atoms with E-state index >= 15 is 0 Å². The molecule has 5 rings (SSSR count). The number of aromatic nitrogens is 4. The molecule has 1 aliphatic heterocycles. The summed E-state index contributed by atoms with van der Waals surface area (Å²) >= 11 is 1.04. The molecule has 0 atom stereocenters. The van der Waals surface area contributed by atoms with Gasteiger partial charge in [0.1, 0.15) is 22.9 Å². The number of carbonyl (C=O) groups is 2. The Bertz CT molecular complexity index is 1420. The van der Waals surface area contributed by atoms with Crippen molar-refractivity contribution in [2.75, 3.05) is 56.7 Å². The molecule has 40 heavy (non-hydrogen) atoms. The molecular weight excluding hydrogens is 534 g/mol. The fourth-order valence-corrected chi connectivity index (χ4v) is 4.65. The normalized spacial score (nSPS) is 13.5. The molecule has 13 heteroatoms. The first-order valence-corrected chi connectivity index (χ1v) is 13.7. The van der Waals surface area contributed by atoms with Crippen molar-refractivity contribution in [1.29, 1.82) is 0 Å². The monoisotopic (exact) mass is 563 g/mol. The van der Waals surface area contributed by atoms with Gasteiger partial charge < -0.3 is 19.5 Å². The summed E-state index contributed by atoms with van der Waals surface area (Å²) < 4.78 is 17.9. The van der Waals surface area contributed by atoms with Gasteiger partial charge in [-0.25, -0.2) is 19.3 Å². The number of thiazole rings is 1. The lowest BCUT2D eigenvalue weighted by Crippen LogP contribution is -2.38. The number of hydrogen-bond acceptors (Lipinski definition) is 10. The Hall–Kier alpha value is -4.33. The van der Waals surface area contributed by atoms with E-state index in [2.05, 4.69) is 30.8 Å². The molecule has 1 fully saturated rings. The van der Waals surface area contributed by atoms with E-state index in [0.29, 0.717) is 22.3 Å². The van der Waals surface area contributed by atoms with E-state index in [1.54, 1.807) is 23.7 Å². The standard InChI is InChI=1S/C27H29N7O5S/c1-2-38-25(35)24-17-28-27(40-24)30-26(36)29-20-5-7-21(8-6-20)34-18-23(31-32-34)19-3-9-22(10-4-19)39-16-13-33-11-14-37-15-12-33/h3-10,17-18H,2,11-16H2,1H3,(H2,28,29,30,36). The van der Waals surface area contributed by atoms with Crippen LogP contribution in [-0.4, -0.2) is 82.9 Å². The zero-order valence-corrected chi connectivity index (χ0v) is 22.7. The number of morpholine rings is 1. The lowest BCUT2D eigenvalue weighted by molar-refractivity contribution is 0.0322. The number of nitrogens with zero attached hydrogens (tertiary/aromatic N) is 5. The van der Waals surface area contributed by atoms with Crippen molar-refractivity contribution in [3.8, 4) is 22.7 Å². The SMILES string of the molecule is CCOC(=O)c1cnc(NC(=O)Nc2ccc(-n3cc(-c4ccc(OCCN5CCOCC5)cc4)nn3)cc2)s1. The Kier molecular flexibility index (Phi) is 8.96. The maximum Gasteiger partial charge on any atom is 0.350 e. The summed E-state index contributed by atoms with van der Waals surface area (Å²) in [6.07, 6.45) is 3.21. The molecule has 0 unspecified atom stereocenters. The van der Waals surface area contributed by atoms with Gasteiger partial charge in [-0.05, 0) is 55.5 Å². The van der Waals surface area contributed by atoms with Gasteiger partial charge in [0.05, 0.1) is 37.9 Å². The van der Waals surface area contributed by atoms with Gasteiger partial charge in [0.25, 0.3) is 0 Å². The van der Waals surface area contributed by atoms with Crippen LogP contribution >= 0.6 is 11.3 Å². The Morgan fingerprint density at radius 3 is 2.58 bits per heavy atom. The van der Waals surface area contributed by atoms with Crippen LogP contribution in [0.15, 0.2) is 60.9 Å². The number of rotatable bonds is 10. The molecule has 3 heterocycles. The number of hydrogen-bond donors (Lipinski definition) is 2. The first kappa shape index (κ1) is 27.2. The van der Waals surface area contributed by atoms with Crippen molar-refractivity contribution >= 4 is 34.2 Å². The Labute approximate surface area is 234 Å². The summed E-state index contributed by atoms with van der Waals surface area (Å²) in [6, 6.07) is 14.5. The van der Waals surface area contributed by atoms with Gasteiger partial charge in [-0.15, -0.1) is 5.10 Å². The van der Waals surface area contributed by atoms with Crippen molar-refractivity contribution in [3.05, 3.63) is 65.8 Å². The highest BCUT2D eigenvalue weighted by Gasteiger charge is 2.14. The van der Waals surface area contributed by atoms with E-state index in [-0.39, 0.29) is 6.61 Å². The molecule has 1 aliphatic rings. The van der Waals surface area contributed by atoms with Crippen molar-refractivity contribution < 1.29 is 23.8 Å². The van der Waals surface area contributed by atoms with Crippen LogP contribution in [0.1, 0.15) is 16.6 Å². The largest absolute Gasteiger partial charge is 0.492 e. The molecule has 2 aromatic carbocycles. The molecule has 0 spiro atoms. The molecule has 12 nitrogen and oxygen atoms in total. The molecule has 0 bridgehead atoms. The van der Waals surface area contributed by atoms with Gasteiger partial charge in [-0.1, -0.05) is 16.6 Å². The second-order valence-corrected chi connectivity index (χ2v) is 9.78. The third-order valence-electron chi connectivity index (χ3n) is 6.02. The summed E-state index contributed by atoms with van der Waals surface area (Å²) in [5, 5.41) is 14.2. The fourth-order valence-electron chi connectivity index (χ4n) is 3.95. The predicted molar refractivity (Wildman–Crippen MR) is 150 cm³/mol. The average molecular weight is 564 g/mol. The van der Waals surface area contributed by atoms with Gasteiger partial charge in [0.15, 0.2) is 5.13 Å². The molecule has 0 aliphatic carbocycles. The molecule has 0 radical (unpaired) electrons. The van der Waals surface area contributed by atoms with E-state index in [4.69, 9.17) is 14.2 Å². The van der Waals surface area contributed by atoms with Gasteiger partial charge in [-0.2, -0.15) is 0 Å². The van der Waals surface area contributed by atoms with Crippen LogP contribution in [0.25, 0.3) is 16.9 Å². The molecule has 2 aromatic heterocycles. The average Bonchev–Trinajstić information content (AvgIpc) is 3.65. The number of amides is 2. The topological polar surface area (TPSA) is 133 Å². The van der Waals surface area contributed by atoms with E-state index in [0.717, 1.165) is 66.9 Å². The number of urea groups is 1. The van der Waals surface area contributed by atoms with Gasteiger partial charge >= 0.3 is 12.0 Å². The zero-order valence-electron chi connectivity index (χ0n) is 21.9. The minimum Gasteiger partial charge on any atom is -0.492 e. The Morgan fingerprint density at radius 2 is 1.82 bits per heavy atom. The highest BCUT2D eigenvalue weighted by Crippen LogP contribution is 2.23. The van der Waals surface area contributed by atoms with E-state index in [1.165, 1.54) is 6.20 Å². The smallest absolute Gasteiger partial charge is 0.350 e. The third-order valence-corrected chi connectivity index (χ3v) is 6.91. The molecule has 0 saturated carbocycles. The van der Waals surface area contributed by atoms with Gasteiger partial charge in [0.2, 0.25) is 0 Å². The molecular formula is C27H29N7O5S. The van der Waals surface area contributed by atoms with E-state index < -0.39 is 12.0 Å². The number of carbonyl (C=O) groups excluding carboxylic acids is 2. The fraction of sp³-hybridized carbons (Fsp3) is 0.296. The third kappa shape index (κ3) is 7.20. The highest BCUT2D eigenvalue weighted by molar-refractivity contribution is 7.17. The summed E-state index contributed by atoms with van der Waals surface area (Å²) in [5.41, 5.74) is 3.02. The maximum atomic E-state index is 12.3. The number of ether oxygens (including phenoxy) is 3. The van der Waals surface area contributed by atoms with E-state index in [9.17, 15) is 9.59 Å². The molecule has 4 aromatic rings. The summed E-state index contributed by atoms with van der Waals surface area (Å²) in [6.45, 7) is 6.95. The van der Waals surface area contributed by atoms with Crippen LogP contribution in [-0.2, 0) is 9.47 Å². The number of anilines is 2. The van der Waals surface area contributed by atoms with Crippen LogP contribution in [0.2, 0.25) is 0 Å². The highest BCUT2D eigenvalue weighted by atomic mass is 32.1. The van der Waals surface area contributed by atoms with Crippen molar-refractivity contribution in [2.45, 2.75) is 6.92 Å². The summed E-state index contributed by atoms with van der Waals surface area (Å²) in [7, 11) is 0. The Morgan fingerprint density at radius 1 is 1.05 bits per heavy atom. The van der Waals surface area contributed by atoms with Gasteiger partial charge in [-0.3, -0.25) is 10.2 Å². The quantitative estimate of drug-likeness (QED) is 0.276. The summed E-state index contributed by atoms with van der Waals surface area (Å²) in [5.74, 6) is 0.340. The predicted octanol–water partition coefficient (Wildman–Crippen LogP) is 3.92. The number of benzene rings is 2. The maximum absolute atomic E-state index is 12.3. The molecule has 2 N–H and O–H groups in total. The van der Waals surface area contributed by atoms with Crippen LogP contribution in [0.5, 0.6) is 5.75 Å². The van der Waals surface area contributed by atoms with Crippen molar-refractivity contribution in [3.63, 3.8) is 0 Å². The van der Waals surface area contributed by atoms with Crippen LogP contribution in [0.4, 0.5) is 15.6 Å². The first-order chi connectivity index (χ1) is 19.6. The van der Waals surface area contributed by atoms with Crippen LogP contribution in [0, 0.1) is 0 Å². The zero-order chi connectivity index (χ0) is 27.7. The number of esters is 1. The lowest BCUT2D eigenvalue weighted by atomic mass is 10.1. The summed E-state index contributed by atoms with van der Waals surface area (Å²) in [4.78, 5) is 30.8. The van der Waals surface area contributed by atoms with Crippen molar-refractivity contribution in [1.82, 2.24) is 24.9 Å². The van der Waals surface area contributed by atoms with Crippen LogP contribution < -0.4 is 15.4 Å². The second kappa shape index (κ2) is 13.2. The number of nitrogens with one attached hydrogen (secondary N) is 2. The molecule has 208 valence electrons. The first-order valence-electron chi connectivity index (χ1n) is 12.8. The lowest BCUT2D eigenvalue weighted by Gasteiger charge is -2.26. The molecule has 2 amide bonds. The molecule has 1 saturated heterocycles. The minimum absolute atomic E-state index is 0.269. The Balaban J connectivity index is 1.12.